The van der Waals surface area contributed by atoms with Gasteiger partial charge in [0.1, 0.15) is 28.6 Å². The second-order valence-electron chi connectivity index (χ2n) is 10.3. The molecule has 0 aliphatic heterocycles. The van der Waals surface area contributed by atoms with Crippen LogP contribution in [0.15, 0.2) is 135 Å². The predicted molar refractivity (Wildman–Crippen MR) is 178 cm³/mol. The summed E-state index contributed by atoms with van der Waals surface area (Å²) in [5.41, 5.74) is 0.548. The van der Waals surface area contributed by atoms with Crippen LogP contribution in [0.4, 0.5) is 22.0 Å². The molecule has 0 saturated carbocycles. The molecular formula is C39H23F5O8. The van der Waals surface area contributed by atoms with Gasteiger partial charge in [-0.25, -0.2) is 19.2 Å². The summed E-state index contributed by atoms with van der Waals surface area (Å²) >= 11 is 0. The van der Waals surface area contributed by atoms with Gasteiger partial charge in [0.05, 0.1) is 11.1 Å². The molecule has 4 aromatic carbocycles. The Morgan fingerprint density at radius 3 is 1.35 bits per heavy atom. The number of carbonyl (C=O) groups is 4. The van der Waals surface area contributed by atoms with E-state index in [9.17, 15) is 41.1 Å². The van der Waals surface area contributed by atoms with Crippen molar-refractivity contribution >= 4 is 23.9 Å². The first kappa shape index (κ1) is 37.7. The quantitative estimate of drug-likeness (QED) is 0.0531. The van der Waals surface area contributed by atoms with E-state index < -0.39 is 47.3 Å². The van der Waals surface area contributed by atoms with Crippen LogP contribution in [0.2, 0.25) is 0 Å². The van der Waals surface area contributed by atoms with E-state index in [2.05, 4.69) is 38.2 Å². The molecule has 13 heteroatoms. The highest BCUT2D eigenvalue weighted by molar-refractivity contribution is 5.91. The molecule has 0 heterocycles. The van der Waals surface area contributed by atoms with Crippen LogP contribution in [0.3, 0.4) is 0 Å². The van der Waals surface area contributed by atoms with Gasteiger partial charge in [-0.05, 0) is 70.8 Å². The van der Waals surface area contributed by atoms with E-state index in [1.165, 1.54) is 72.8 Å². The van der Waals surface area contributed by atoms with Crippen LogP contribution in [-0.2, 0) is 19.2 Å². The fourth-order valence-corrected chi connectivity index (χ4v) is 4.10. The van der Waals surface area contributed by atoms with Gasteiger partial charge < -0.3 is 18.9 Å². The van der Waals surface area contributed by atoms with Crippen molar-refractivity contribution < 1.29 is 60.1 Å². The summed E-state index contributed by atoms with van der Waals surface area (Å²) in [6, 6.07) is 20.2. The Hall–Kier alpha value is -7.07. The van der Waals surface area contributed by atoms with Gasteiger partial charge in [-0.3, -0.25) is 0 Å². The lowest BCUT2D eigenvalue weighted by molar-refractivity contribution is -0.142. The number of ether oxygens (including phenoxy) is 4. The Balaban J connectivity index is 1.66. The molecule has 0 radical (unpaired) electrons. The van der Waals surface area contributed by atoms with Crippen LogP contribution in [0.25, 0.3) is 22.3 Å². The highest BCUT2D eigenvalue weighted by Crippen LogP contribution is 2.32. The molecule has 0 aromatic heterocycles. The number of benzene rings is 4. The van der Waals surface area contributed by atoms with Gasteiger partial charge in [0.15, 0.2) is 0 Å². The van der Waals surface area contributed by atoms with Crippen LogP contribution < -0.4 is 18.9 Å². The zero-order chi connectivity index (χ0) is 38.2. The predicted octanol–water partition coefficient (Wildman–Crippen LogP) is 8.31. The fraction of sp³-hybridized carbons (Fsp3) is 0.0256. The number of carbonyl (C=O) groups excluding carboxylic acids is 4. The second-order valence-corrected chi connectivity index (χ2v) is 10.3. The summed E-state index contributed by atoms with van der Waals surface area (Å²) in [6.45, 7) is 11.9. The van der Waals surface area contributed by atoms with Crippen molar-refractivity contribution in [2.75, 3.05) is 0 Å². The topological polar surface area (TPSA) is 105 Å². The normalized spacial score (nSPS) is 10.5. The molecule has 52 heavy (non-hydrogen) atoms. The smallest absolute Gasteiger partial charge is 0.422 e. The first-order valence-electron chi connectivity index (χ1n) is 14.5. The number of hydrogen-bond donors (Lipinski definition) is 0. The first-order chi connectivity index (χ1) is 24.5. The van der Waals surface area contributed by atoms with Crippen molar-refractivity contribution in [2.24, 2.45) is 0 Å². The molecule has 0 atom stereocenters. The molecule has 0 unspecified atom stereocenters. The first-order valence-corrected chi connectivity index (χ1v) is 14.5. The Morgan fingerprint density at radius 2 is 0.942 bits per heavy atom. The third kappa shape index (κ3) is 9.76. The maximum atomic E-state index is 13.6. The van der Waals surface area contributed by atoms with E-state index in [0.717, 1.165) is 6.08 Å². The minimum atomic E-state index is -4.96. The van der Waals surface area contributed by atoms with E-state index in [0.29, 0.717) is 22.3 Å². The zero-order valence-electron chi connectivity index (χ0n) is 26.6. The number of esters is 4. The largest absolute Gasteiger partial charge is 0.423 e. The molecule has 4 aromatic rings. The molecule has 262 valence electrons. The molecule has 0 aliphatic carbocycles. The molecule has 8 nitrogen and oxygen atoms in total. The van der Waals surface area contributed by atoms with E-state index >= 15 is 0 Å². The third-order valence-electron chi connectivity index (χ3n) is 6.70. The van der Waals surface area contributed by atoms with Crippen molar-refractivity contribution in [3.05, 3.63) is 146 Å². The Morgan fingerprint density at radius 1 is 0.558 bits per heavy atom. The van der Waals surface area contributed by atoms with Gasteiger partial charge in [-0.1, -0.05) is 74.6 Å². The summed E-state index contributed by atoms with van der Waals surface area (Å²) in [5, 5.41) is 0. The number of halogens is 5. The van der Waals surface area contributed by atoms with Gasteiger partial charge in [0, 0.05) is 6.08 Å². The highest BCUT2D eigenvalue weighted by Gasteiger charge is 2.38. The minimum absolute atomic E-state index is 0.0309. The van der Waals surface area contributed by atoms with Crippen molar-refractivity contribution in [3.63, 3.8) is 0 Å². The average molecular weight is 715 g/mol. The number of rotatable bonds is 10. The van der Waals surface area contributed by atoms with Crippen LogP contribution in [0, 0.1) is 11.8 Å². The number of alkyl halides is 3. The maximum absolute atomic E-state index is 13.6. The summed E-state index contributed by atoms with van der Waals surface area (Å²) in [6.07, 6.45) is -4.04. The third-order valence-corrected chi connectivity index (χ3v) is 6.70. The Bertz CT molecular complexity index is 2190. The molecule has 0 saturated heterocycles. The lowest BCUT2D eigenvalue weighted by atomic mass is 10.0. The van der Waals surface area contributed by atoms with E-state index in [4.69, 9.17) is 18.9 Å². The minimum Gasteiger partial charge on any atom is -0.423 e. The van der Waals surface area contributed by atoms with E-state index in [1.54, 1.807) is 12.1 Å². The van der Waals surface area contributed by atoms with Crippen molar-refractivity contribution in [1.82, 2.24) is 0 Å². The SMILES string of the molecule is C=CC(=O)Oc1cc(-c2ccc(OC(=O)C(=C)C(F)(F)F)cc2)ccc1C#Cc1ccc(-c2ccc(OC(=O)C(=C)F)cc2)cc1OC(=O)C(=C)F. The van der Waals surface area contributed by atoms with Crippen LogP contribution >= 0.6 is 0 Å². The lowest BCUT2D eigenvalue weighted by Gasteiger charge is -2.11. The van der Waals surface area contributed by atoms with Crippen molar-refractivity contribution in [1.29, 1.82) is 0 Å². The Kier molecular flexibility index (Phi) is 11.7. The van der Waals surface area contributed by atoms with Gasteiger partial charge in [0.25, 0.3) is 0 Å². The standard InChI is InChI=1S/C39H23F5O8/c1-5-35(45)51-33-20-29(25-12-16-31(17-13-25)49-36(46)22(2)39(42,43)44)10-8-27(33)6-7-28-9-11-30(21-34(28)52-38(48)24(4)41)26-14-18-32(19-15-26)50-37(47)23(3)40/h5,8-21H,1-4H2. The van der Waals surface area contributed by atoms with Gasteiger partial charge >= 0.3 is 30.1 Å². The van der Waals surface area contributed by atoms with Crippen molar-refractivity contribution in [3.8, 4) is 57.1 Å². The summed E-state index contributed by atoms with van der Waals surface area (Å²) in [7, 11) is 0. The van der Waals surface area contributed by atoms with Gasteiger partial charge in [-0.2, -0.15) is 22.0 Å². The monoisotopic (exact) mass is 714 g/mol. The summed E-state index contributed by atoms with van der Waals surface area (Å²) in [5.74, 6) is -2.53. The molecule has 0 fully saturated rings. The zero-order valence-corrected chi connectivity index (χ0v) is 26.6. The molecule has 0 N–H and O–H groups in total. The highest BCUT2D eigenvalue weighted by atomic mass is 19.4. The van der Waals surface area contributed by atoms with Crippen molar-refractivity contribution in [2.45, 2.75) is 6.18 Å². The second kappa shape index (κ2) is 16.1. The van der Waals surface area contributed by atoms with E-state index in [-0.39, 0.29) is 34.1 Å². The molecule has 0 spiro atoms. The summed E-state index contributed by atoms with van der Waals surface area (Å²) < 4.78 is 85.0. The Labute approximate surface area is 292 Å². The van der Waals surface area contributed by atoms with Gasteiger partial charge in [-0.15, -0.1) is 0 Å². The molecular weight excluding hydrogens is 691 g/mol. The number of hydrogen-bond acceptors (Lipinski definition) is 8. The summed E-state index contributed by atoms with van der Waals surface area (Å²) in [4.78, 5) is 47.5. The van der Waals surface area contributed by atoms with Gasteiger partial charge in [0.2, 0.25) is 11.7 Å². The molecule has 0 amide bonds. The fourth-order valence-electron chi connectivity index (χ4n) is 4.10. The average Bonchev–Trinajstić information content (AvgIpc) is 3.11. The lowest BCUT2D eigenvalue weighted by Crippen LogP contribution is -2.23. The molecule has 4 rings (SSSR count). The van der Waals surface area contributed by atoms with Crippen LogP contribution in [0.5, 0.6) is 23.0 Å². The van der Waals surface area contributed by atoms with Crippen LogP contribution in [-0.4, -0.2) is 30.1 Å². The maximum Gasteiger partial charge on any atom is 0.422 e. The van der Waals surface area contributed by atoms with Crippen LogP contribution in [0.1, 0.15) is 11.1 Å². The van der Waals surface area contributed by atoms with E-state index in [1.807, 2.05) is 0 Å². The molecule has 0 bridgehead atoms. The molecule has 0 aliphatic rings.